The molecule has 7 rings (SSSR count). The van der Waals surface area contributed by atoms with Crippen molar-refractivity contribution in [3.05, 3.63) is 71.1 Å². The summed E-state index contributed by atoms with van der Waals surface area (Å²) < 4.78 is 97.2. The zero-order chi connectivity index (χ0) is 34.8. The Kier molecular flexibility index (Phi) is 8.06. The predicted molar refractivity (Wildman–Crippen MR) is 174 cm³/mol. The van der Waals surface area contributed by atoms with Crippen LogP contribution in [0, 0.1) is 23.0 Å². The summed E-state index contributed by atoms with van der Waals surface area (Å²) in [4.78, 5) is 16.6. The van der Waals surface area contributed by atoms with Gasteiger partial charge >= 0.3 is 12.2 Å². The molecule has 15 heteroatoms. The zero-order valence-electron chi connectivity index (χ0n) is 26.3. The molecule has 0 radical (unpaired) electrons. The number of nitriles is 1. The summed E-state index contributed by atoms with van der Waals surface area (Å²) in [5, 5.41) is 9.21. The van der Waals surface area contributed by atoms with Gasteiger partial charge in [-0.1, -0.05) is 12.1 Å². The summed E-state index contributed by atoms with van der Waals surface area (Å²) in [7, 11) is 1.60. The lowest BCUT2D eigenvalue weighted by atomic mass is 9.92. The topological polar surface area (TPSA) is 104 Å². The average Bonchev–Trinajstić information content (AvgIpc) is 3.72. The predicted octanol–water partition coefficient (Wildman–Crippen LogP) is 7.81. The Hall–Kier alpha value is -4.68. The minimum absolute atomic E-state index is 0.00630. The van der Waals surface area contributed by atoms with Crippen molar-refractivity contribution in [2.24, 2.45) is 0 Å². The molecule has 254 valence electrons. The van der Waals surface area contributed by atoms with Gasteiger partial charge in [-0.15, -0.1) is 11.3 Å². The number of ether oxygens (including phenoxy) is 1. The molecule has 0 amide bonds. The molecule has 2 fully saturated rings. The Morgan fingerprint density at radius 3 is 2.76 bits per heavy atom. The number of aromatic nitrogens is 3. The number of fused-ring (bicyclic) bond motifs is 3. The molecule has 0 aliphatic carbocycles. The number of nitrogens with two attached hydrogens (primary N) is 1. The van der Waals surface area contributed by atoms with Crippen molar-refractivity contribution in [3.8, 4) is 23.2 Å². The Bertz CT molecular complexity index is 2140. The fraction of sp³-hybridized carbons (Fsp3) is 0.353. The van der Waals surface area contributed by atoms with Crippen LogP contribution in [-0.4, -0.2) is 58.3 Å². The molecule has 5 aromatic rings. The van der Waals surface area contributed by atoms with Gasteiger partial charge < -0.3 is 15.4 Å². The van der Waals surface area contributed by atoms with Crippen LogP contribution in [0.25, 0.3) is 32.1 Å². The van der Waals surface area contributed by atoms with Crippen LogP contribution in [0.2, 0.25) is 0 Å². The smallest absolute Gasteiger partial charge is 0.417 e. The lowest BCUT2D eigenvalue weighted by molar-refractivity contribution is -0.137. The number of hydrogen-bond acceptors (Lipinski definition) is 9. The van der Waals surface area contributed by atoms with Crippen LogP contribution >= 0.6 is 11.3 Å². The molecule has 2 aliphatic heterocycles. The molecular weight excluding hydrogens is 668 g/mol. The third-order valence-electron chi connectivity index (χ3n) is 9.71. The fourth-order valence-electron chi connectivity index (χ4n) is 7.20. The number of pyridine rings is 1. The maximum atomic E-state index is 17.0. The molecule has 8 nitrogen and oxygen atoms in total. The maximum absolute atomic E-state index is 17.0. The first kappa shape index (κ1) is 32.8. The van der Waals surface area contributed by atoms with Crippen LogP contribution in [-0.2, 0) is 6.18 Å². The van der Waals surface area contributed by atoms with E-state index in [4.69, 9.17) is 10.5 Å². The van der Waals surface area contributed by atoms with Crippen molar-refractivity contribution in [1.29, 1.82) is 5.26 Å². The van der Waals surface area contributed by atoms with Crippen LogP contribution < -0.4 is 15.4 Å². The van der Waals surface area contributed by atoms with Gasteiger partial charge in [0.15, 0.2) is 5.82 Å². The van der Waals surface area contributed by atoms with E-state index in [9.17, 15) is 27.2 Å². The van der Waals surface area contributed by atoms with Gasteiger partial charge in [0.2, 0.25) is 0 Å². The maximum Gasteiger partial charge on any atom is 0.417 e. The molecule has 0 spiro atoms. The van der Waals surface area contributed by atoms with Gasteiger partial charge in [0.25, 0.3) is 0 Å². The van der Waals surface area contributed by atoms with Crippen LogP contribution in [0.1, 0.15) is 48.9 Å². The number of alkyl halides is 4. The van der Waals surface area contributed by atoms with Crippen molar-refractivity contribution < 1.29 is 31.1 Å². The minimum Gasteiger partial charge on any atom is -0.461 e. The zero-order valence-corrected chi connectivity index (χ0v) is 27.1. The first-order valence-electron chi connectivity index (χ1n) is 15.5. The number of halogens is 6. The molecule has 2 aliphatic rings. The summed E-state index contributed by atoms with van der Waals surface area (Å²) in [6.45, 7) is 2.74. The van der Waals surface area contributed by atoms with E-state index in [1.54, 1.807) is 43.4 Å². The Labute approximate surface area is 280 Å². The van der Waals surface area contributed by atoms with Gasteiger partial charge in [-0.2, -0.15) is 28.4 Å². The Morgan fingerprint density at radius 1 is 1.24 bits per heavy atom. The van der Waals surface area contributed by atoms with E-state index in [2.05, 4.69) is 15.0 Å². The molecule has 2 aromatic carbocycles. The van der Waals surface area contributed by atoms with Gasteiger partial charge in [0.1, 0.15) is 41.0 Å². The molecule has 5 heterocycles. The van der Waals surface area contributed by atoms with E-state index < -0.39 is 52.2 Å². The van der Waals surface area contributed by atoms with Gasteiger partial charge in [0.05, 0.1) is 27.4 Å². The van der Waals surface area contributed by atoms with Crippen LogP contribution in [0.15, 0.2) is 42.7 Å². The molecule has 0 unspecified atom stereocenters. The molecule has 49 heavy (non-hydrogen) atoms. The van der Waals surface area contributed by atoms with E-state index in [0.29, 0.717) is 29.9 Å². The third-order valence-corrected chi connectivity index (χ3v) is 10.7. The summed E-state index contributed by atoms with van der Waals surface area (Å²) in [6.07, 6.45) is -1.21. The quantitative estimate of drug-likeness (QED) is 0.172. The second-order valence-corrected chi connectivity index (χ2v) is 13.6. The Balaban J connectivity index is 1.47. The van der Waals surface area contributed by atoms with Crippen LogP contribution in [0.5, 0.6) is 6.01 Å². The van der Waals surface area contributed by atoms with E-state index >= 15 is 4.39 Å². The molecule has 2 N–H and O–H groups in total. The van der Waals surface area contributed by atoms with Crippen molar-refractivity contribution in [2.75, 3.05) is 37.4 Å². The van der Waals surface area contributed by atoms with Gasteiger partial charge in [-0.3, -0.25) is 9.88 Å². The minimum atomic E-state index is -5.10. The van der Waals surface area contributed by atoms with Crippen LogP contribution in [0.3, 0.4) is 0 Å². The van der Waals surface area contributed by atoms with Gasteiger partial charge in [-0.25, -0.2) is 13.2 Å². The number of hydrogen-bond donors (Lipinski definition) is 1. The lowest BCUT2D eigenvalue weighted by Gasteiger charge is -2.31. The number of rotatable bonds is 7. The summed E-state index contributed by atoms with van der Waals surface area (Å²) in [6, 6.07) is 7.20. The van der Waals surface area contributed by atoms with Crippen molar-refractivity contribution in [2.45, 2.75) is 50.1 Å². The first-order chi connectivity index (χ1) is 23.3. The van der Waals surface area contributed by atoms with E-state index in [1.165, 1.54) is 0 Å². The van der Waals surface area contributed by atoms with Crippen molar-refractivity contribution >= 4 is 43.1 Å². The molecule has 3 aromatic heterocycles. The second-order valence-electron chi connectivity index (χ2n) is 12.5. The van der Waals surface area contributed by atoms with E-state index in [-0.39, 0.29) is 63.0 Å². The summed E-state index contributed by atoms with van der Waals surface area (Å²) >= 11 is 0.686. The molecule has 0 saturated carbocycles. The monoisotopic (exact) mass is 697 g/mol. The summed E-state index contributed by atoms with van der Waals surface area (Å²) in [5.41, 5.74) is 2.64. The third kappa shape index (κ3) is 5.47. The highest BCUT2D eigenvalue weighted by molar-refractivity contribution is 7.23. The second kappa shape index (κ2) is 12.0. The van der Waals surface area contributed by atoms with Crippen molar-refractivity contribution in [3.63, 3.8) is 0 Å². The highest BCUT2D eigenvalue weighted by atomic mass is 32.1. The Morgan fingerprint density at radius 2 is 2.04 bits per heavy atom. The highest BCUT2D eigenvalue weighted by Crippen LogP contribution is 2.48. The van der Waals surface area contributed by atoms with E-state index in [1.807, 2.05) is 11.0 Å². The normalized spacial score (nSPS) is 20.1. The van der Waals surface area contributed by atoms with Crippen LogP contribution in [0.4, 0.5) is 37.2 Å². The number of anilines is 2. The number of thiophene rings is 1. The molecule has 3 atom stereocenters. The number of nitrogens with zero attached hydrogens (tertiary/aromatic N) is 6. The summed E-state index contributed by atoms with van der Waals surface area (Å²) in [5.74, 6) is -2.24. The van der Waals surface area contributed by atoms with Gasteiger partial charge in [0, 0.05) is 48.7 Å². The van der Waals surface area contributed by atoms with E-state index in [0.717, 1.165) is 24.6 Å². The highest BCUT2D eigenvalue weighted by Gasteiger charge is 2.49. The average molecular weight is 698 g/mol. The first-order valence-corrected chi connectivity index (χ1v) is 16.3. The molecule has 0 bridgehead atoms. The lowest BCUT2D eigenvalue weighted by Crippen LogP contribution is -2.43. The SMILES string of the molecule is C[C@H](c1cccnc1)N(C)c1nc(OC[C@@]23CCCN2C[C@H](F)C3)nc2c(F)c(-c3ccc(F)c4sc(N)c(C#N)c34)c(C(F)(F)F)cc12. The standard InChI is InChI=1S/C34H29F6N7OS/c1-17(18-5-3-9-43-14-18)46(2)31-21-11-23(34(38,39)40)26(20-6-7-24(36)29-25(20)22(13-41)30(42)49-29)27(37)28(21)44-32(45-31)48-16-33-8-4-10-47(33)15-19(35)12-33/h3,5-7,9,11,14,17,19H,4,8,10,12,15-16,42H2,1-2H3/t17-,19-,33+/m1/s1. The van der Waals surface area contributed by atoms with Gasteiger partial charge in [-0.05, 0) is 55.6 Å². The largest absolute Gasteiger partial charge is 0.461 e. The number of benzene rings is 2. The number of nitrogen functional groups attached to an aromatic ring is 1. The fourth-order valence-corrected chi connectivity index (χ4v) is 8.15. The molecule has 2 saturated heterocycles. The molecular formula is C34H29F6N7OS. The van der Waals surface area contributed by atoms with Crippen molar-refractivity contribution in [1.82, 2.24) is 19.9 Å².